The third kappa shape index (κ3) is 4.72. The van der Waals surface area contributed by atoms with E-state index in [4.69, 9.17) is 4.84 Å². The minimum absolute atomic E-state index is 0.0457. The molecule has 7 rings (SSSR count). The number of amides is 2. The Morgan fingerprint density at radius 3 is 2.36 bits per heavy atom. The van der Waals surface area contributed by atoms with Gasteiger partial charge in [-0.2, -0.15) is 0 Å². The fourth-order valence-electron chi connectivity index (χ4n) is 7.33. The Labute approximate surface area is 210 Å². The molecule has 0 radical (unpaired) electrons. The van der Waals surface area contributed by atoms with E-state index in [9.17, 15) is 13.6 Å². The number of hydrogen-bond acceptors (Lipinski definition) is 3. The number of oxime groups is 1. The number of rotatable bonds is 6. The van der Waals surface area contributed by atoms with Gasteiger partial charge in [-0.15, -0.1) is 0 Å². The highest BCUT2D eigenvalue weighted by atomic mass is 19.1. The van der Waals surface area contributed by atoms with Gasteiger partial charge in [-0.05, 0) is 74.8 Å². The number of carbonyl (C=O) groups excluding carboxylic acids is 1. The summed E-state index contributed by atoms with van der Waals surface area (Å²) in [7, 11) is 0. The van der Waals surface area contributed by atoms with Gasteiger partial charge in [0.1, 0.15) is 11.6 Å². The van der Waals surface area contributed by atoms with Crippen molar-refractivity contribution in [3.05, 3.63) is 70.8 Å². The van der Waals surface area contributed by atoms with Crippen molar-refractivity contribution in [2.75, 3.05) is 6.54 Å². The number of halogens is 2. The van der Waals surface area contributed by atoms with E-state index >= 15 is 0 Å². The highest BCUT2D eigenvalue weighted by Crippen LogP contribution is 2.55. The minimum atomic E-state index is -0.647. The summed E-state index contributed by atoms with van der Waals surface area (Å²) in [5.41, 5.74) is 3.14. The Bertz CT molecular complexity index is 1140. The van der Waals surface area contributed by atoms with Crippen molar-refractivity contribution in [2.45, 2.75) is 70.1 Å². The van der Waals surface area contributed by atoms with Crippen molar-refractivity contribution in [3.63, 3.8) is 0 Å². The van der Waals surface area contributed by atoms with Crippen molar-refractivity contribution in [3.8, 4) is 0 Å². The van der Waals surface area contributed by atoms with Crippen LogP contribution in [0.25, 0.3) is 0 Å². The summed E-state index contributed by atoms with van der Waals surface area (Å²) in [6.45, 7) is 2.35. The van der Waals surface area contributed by atoms with Crippen LogP contribution in [0.4, 0.5) is 13.6 Å². The molecule has 7 heteroatoms. The van der Waals surface area contributed by atoms with Crippen LogP contribution in [0.2, 0.25) is 0 Å². The Kier molecular flexibility index (Phi) is 5.97. The Morgan fingerprint density at radius 1 is 1.06 bits per heavy atom. The molecule has 1 unspecified atom stereocenters. The zero-order chi connectivity index (χ0) is 24.9. The molecule has 2 aromatic carbocycles. The maximum atomic E-state index is 14.6. The van der Waals surface area contributed by atoms with Crippen LogP contribution in [0.3, 0.4) is 0 Å². The van der Waals surface area contributed by atoms with E-state index < -0.39 is 11.6 Å². The molecule has 4 fully saturated rings. The average Bonchev–Trinajstić information content (AvgIpc) is 3.28. The standard InChI is InChI=1S/C29H33F2N3O2/c1-18-2-4-22(5-3-18)27-12-25(36-33-27)17-34(16-23-6-7-24(30)11-26(23)31)28(35)32-29-13-19-8-20(14-29)10-21(9-19)15-29/h2-7,11,19-21,25H,8-10,12-17H2,1H3,(H,32,35). The van der Waals surface area contributed by atoms with Gasteiger partial charge >= 0.3 is 6.03 Å². The van der Waals surface area contributed by atoms with Gasteiger partial charge in [0, 0.05) is 23.6 Å². The molecule has 190 valence electrons. The quantitative estimate of drug-likeness (QED) is 0.541. The van der Waals surface area contributed by atoms with Gasteiger partial charge in [0.2, 0.25) is 0 Å². The molecule has 36 heavy (non-hydrogen) atoms. The van der Waals surface area contributed by atoms with Crippen LogP contribution in [0.5, 0.6) is 0 Å². The zero-order valence-electron chi connectivity index (χ0n) is 20.7. The van der Waals surface area contributed by atoms with E-state index in [1.54, 1.807) is 4.90 Å². The minimum Gasteiger partial charge on any atom is -0.390 e. The first-order chi connectivity index (χ1) is 17.3. The average molecular weight is 494 g/mol. The Morgan fingerprint density at radius 2 is 1.72 bits per heavy atom. The fraction of sp³-hybridized carbons (Fsp3) is 0.517. The number of nitrogens with zero attached hydrogens (tertiary/aromatic N) is 2. The molecule has 1 atom stereocenters. The number of aryl methyl sites for hydroxylation is 1. The van der Waals surface area contributed by atoms with Gasteiger partial charge in [0.25, 0.3) is 0 Å². The normalized spacial score (nSPS) is 30.1. The summed E-state index contributed by atoms with van der Waals surface area (Å²) in [4.78, 5) is 21.1. The smallest absolute Gasteiger partial charge is 0.318 e. The summed E-state index contributed by atoms with van der Waals surface area (Å²) in [5, 5.41) is 7.68. The number of urea groups is 1. The highest BCUT2D eigenvalue weighted by Gasteiger charge is 2.52. The van der Waals surface area contributed by atoms with Crippen LogP contribution in [-0.4, -0.2) is 34.8 Å². The third-order valence-electron chi connectivity index (χ3n) is 8.62. The molecule has 4 bridgehead atoms. The lowest BCUT2D eigenvalue weighted by Gasteiger charge is -2.57. The second-order valence-electron chi connectivity index (χ2n) is 11.6. The molecule has 5 nitrogen and oxygen atoms in total. The van der Waals surface area contributed by atoms with Gasteiger partial charge < -0.3 is 15.1 Å². The van der Waals surface area contributed by atoms with Crippen molar-refractivity contribution in [2.24, 2.45) is 22.9 Å². The van der Waals surface area contributed by atoms with Crippen molar-refractivity contribution < 1.29 is 18.4 Å². The highest BCUT2D eigenvalue weighted by molar-refractivity contribution is 6.01. The number of benzene rings is 2. The van der Waals surface area contributed by atoms with Crippen molar-refractivity contribution in [1.82, 2.24) is 10.2 Å². The van der Waals surface area contributed by atoms with Crippen molar-refractivity contribution >= 4 is 11.7 Å². The molecule has 4 saturated carbocycles. The van der Waals surface area contributed by atoms with Gasteiger partial charge in [-0.3, -0.25) is 0 Å². The predicted molar refractivity (Wildman–Crippen MR) is 133 cm³/mol. The summed E-state index contributed by atoms with van der Waals surface area (Å²) in [6, 6.07) is 11.4. The van der Waals surface area contributed by atoms with Crippen LogP contribution in [0.15, 0.2) is 47.6 Å². The van der Waals surface area contributed by atoms with Gasteiger partial charge in [-0.25, -0.2) is 13.6 Å². The lowest BCUT2D eigenvalue weighted by Crippen LogP contribution is -2.62. The zero-order valence-corrected chi connectivity index (χ0v) is 20.7. The Balaban J connectivity index is 1.18. The molecule has 0 spiro atoms. The molecule has 0 aromatic heterocycles. The molecule has 5 aliphatic rings. The number of carbonyl (C=O) groups is 1. The predicted octanol–water partition coefficient (Wildman–Crippen LogP) is 5.95. The van der Waals surface area contributed by atoms with Gasteiger partial charge in [-0.1, -0.05) is 41.1 Å². The number of nitrogens with one attached hydrogen (secondary N) is 1. The maximum absolute atomic E-state index is 14.6. The molecule has 0 saturated heterocycles. The van der Waals surface area contributed by atoms with Crippen molar-refractivity contribution in [1.29, 1.82) is 0 Å². The molecule has 2 aromatic rings. The molecule has 2 amide bonds. The lowest BCUT2D eigenvalue weighted by molar-refractivity contribution is -0.0172. The van der Waals surface area contributed by atoms with E-state index in [0.29, 0.717) is 24.2 Å². The largest absolute Gasteiger partial charge is 0.390 e. The van der Waals surface area contributed by atoms with Crippen LogP contribution >= 0.6 is 0 Å². The van der Waals surface area contributed by atoms with Gasteiger partial charge in [0.05, 0.1) is 18.8 Å². The van der Waals surface area contributed by atoms with E-state index in [1.807, 2.05) is 31.2 Å². The molecule has 4 aliphatic carbocycles. The molecular weight excluding hydrogens is 460 g/mol. The molecular formula is C29H33F2N3O2. The van der Waals surface area contributed by atoms with Gasteiger partial charge in [0.15, 0.2) is 6.10 Å². The van der Waals surface area contributed by atoms with Crippen LogP contribution < -0.4 is 5.32 Å². The maximum Gasteiger partial charge on any atom is 0.318 e. The van der Waals surface area contributed by atoms with E-state index in [0.717, 1.165) is 36.6 Å². The third-order valence-corrected chi connectivity index (χ3v) is 8.62. The van der Waals surface area contributed by atoms with Crippen LogP contribution in [-0.2, 0) is 11.4 Å². The topological polar surface area (TPSA) is 53.9 Å². The second kappa shape index (κ2) is 9.16. The van der Waals surface area contributed by atoms with E-state index in [-0.39, 0.29) is 36.3 Å². The fourth-order valence-corrected chi connectivity index (χ4v) is 7.33. The molecule has 1 heterocycles. The first-order valence-electron chi connectivity index (χ1n) is 13.1. The summed E-state index contributed by atoms with van der Waals surface area (Å²) < 4.78 is 28.1. The Hall–Kier alpha value is -2.96. The van der Waals surface area contributed by atoms with E-state index in [1.165, 1.54) is 37.0 Å². The van der Waals surface area contributed by atoms with Crippen LogP contribution in [0.1, 0.15) is 61.6 Å². The first kappa shape index (κ1) is 23.4. The summed E-state index contributed by atoms with van der Waals surface area (Å²) in [6.07, 6.45) is 7.19. The SMILES string of the molecule is Cc1ccc(C2=NOC(CN(Cc3ccc(F)cc3F)C(=O)NC34CC5CC(CC(C5)C3)C4)C2)cc1. The van der Waals surface area contributed by atoms with Crippen LogP contribution in [0, 0.1) is 36.3 Å². The number of hydrogen-bond donors (Lipinski definition) is 1. The monoisotopic (exact) mass is 493 g/mol. The second-order valence-corrected chi connectivity index (χ2v) is 11.6. The summed E-state index contributed by atoms with van der Waals surface area (Å²) >= 11 is 0. The first-order valence-corrected chi connectivity index (χ1v) is 13.1. The molecule has 1 N–H and O–H groups in total. The summed E-state index contributed by atoms with van der Waals surface area (Å²) in [5.74, 6) is 0.817. The molecule has 1 aliphatic heterocycles. The van der Waals surface area contributed by atoms with E-state index in [2.05, 4.69) is 10.5 Å². The lowest BCUT2D eigenvalue weighted by atomic mass is 9.53.